The molecule has 0 saturated carbocycles. The summed E-state index contributed by atoms with van der Waals surface area (Å²) in [7, 11) is 0. The van der Waals surface area contributed by atoms with E-state index in [2.05, 4.69) is 17.2 Å². The number of rotatable bonds is 6. The van der Waals surface area contributed by atoms with Crippen LogP contribution in [0.4, 0.5) is 0 Å². The number of carbonyl (C=O) groups excluding carboxylic acids is 1. The van der Waals surface area contributed by atoms with Crippen LogP contribution in [-0.4, -0.2) is 17.4 Å². The summed E-state index contributed by atoms with van der Waals surface area (Å²) in [6.07, 6.45) is 5.99. The summed E-state index contributed by atoms with van der Waals surface area (Å²) in [6.45, 7) is 2.80. The zero-order valence-electron chi connectivity index (χ0n) is 13.7. The summed E-state index contributed by atoms with van der Waals surface area (Å²) in [6, 6.07) is 8.28. The summed E-state index contributed by atoms with van der Waals surface area (Å²) in [5.74, 6) is -0.168. The summed E-state index contributed by atoms with van der Waals surface area (Å²) in [4.78, 5) is 28.9. The normalized spacial score (nSPS) is 11.0. The van der Waals surface area contributed by atoms with Crippen molar-refractivity contribution < 1.29 is 9.21 Å². The van der Waals surface area contributed by atoms with Crippen LogP contribution in [-0.2, 0) is 0 Å². The third-order valence-corrected chi connectivity index (χ3v) is 4.02. The highest BCUT2D eigenvalue weighted by Gasteiger charge is 2.11. The Morgan fingerprint density at radius 1 is 1.17 bits per heavy atom. The van der Waals surface area contributed by atoms with Gasteiger partial charge in [0.15, 0.2) is 0 Å². The lowest BCUT2D eigenvalue weighted by atomic mass is 10.1. The quantitative estimate of drug-likeness (QED) is 0.555. The minimum absolute atomic E-state index is 0.168. The molecule has 24 heavy (non-hydrogen) atoms. The van der Waals surface area contributed by atoms with E-state index in [9.17, 15) is 9.59 Å². The molecule has 0 aliphatic heterocycles. The molecule has 0 aliphatic rings. The number of unbranched alkanes of at least 4 members (excludes halogenated alkanes) is 3. The van der Waals surface area contributed by atoms with Crippen molar-refractivity contribution in [2.24, 2.45) is 0 Å². The second-order valence-electron chi connectivity index (χ2n) is 5.81. The summed E-state index contributed by atoms with van der Waals surface area (Å²) >= 11 is 0. The maximum Gasteiger partial charge on any atom is 0.251 e. The fraction of sp³-hybridized carbons (Fsp3) is 0.316. The van der Waals surface area contributed by atoms with Crippen molar-refractivity contribution in [3.63, 3.8) is 0 Å². The largest absolute Gasteiger partial charge is 0.437 e. The van der Waals surface area contributed by atoms with Gasteiger partial charge >= 0.3 is 0 Å². The molecule has 1 N–H and O–H groups in total. The van der Waals surface area contributed by atoms with Gasteiger partial charge in [0.25, 0.3) is 5.91 Å². The van der Waals surface area contributed by atoms with Crippen LogP contribution in [0.2, 0.25) is 0 Å². The topological polar surface area (TPSA) is 72.2 Å². The number of nitrogens with zero attached hydrogens (tertiary/aromatic N) is 1. The Hall–Kier alpha value is -2.69. The Morgan fingerprint density at radius 2 is 2.04 bits per heavy atom. The fourth-order valence-corrected chi connectivity index (χ4v) is 2.69. The molecule has 0 atom stereocenters. The van der Waals surface area contributed by atoms with Crippen molar-refractivity contribution in [2.45, 2.75) is 32.6 Å². The molecule has 0 spiro atoms. The highest BCUT2D eigenvalue weighted by molar-refractivity contribution is 5.99. The number of carbonyl (C=O) groups is 1. The maximum absolute atomic E-state index is 12.6. The Balaban J connectivity index is 1.85. The van der Waals surface area contributed by atoms with Crippen molar-refractivity contribution in [1.29, 1.82) is 0 Å². The van der Waals surface area contributed by atoms with Crippen molar-refractivity contribution >= 4 is 28.0 Å². The molecule has 0 bridgehead atoms. The van der Waals surface area contributed by atoms with Crippen LogP contribution in [0.15, 0.2) is 45.7 Å². The van der Waals surface area contributed by atoms with Crippen LogP contribution >= 0.6 is 0 Å². The summed E-state index contributed by atoms with van der Waals surface area (Å²) in [5.41, 5.74) is 1.04. The van der Waals surface area contributed by atoms with Gasteiger partial charge in [-0.2, -0.15) is 0 Å². The Bertz CT molecular complexity index is 931. The van der Waals surface area contributed by atoms with Crippen LogP contribution in [0.25, 0.3) is 22.1 Å². The van der Waals surface area contributed by atoms with Gasteiger partial charge < -0.3 is 9.73 Å². The number of fused-ring (bicyclic) bond motifs is 2. The zero-order valence-corrected chi connectivity index (χ0v) is 13.7. The molecule has 1 amide bonds. The number of benzene rings is 1. The molecule has 0 unspecified atom stereocenters. The van der Waals surface area contributed by atoms with Crippen molar-refractivity contribution in [3.05, 3.63) is 52.3 Å². The zero-order chi connectivity index (χ0) is 16.9. The molecule has 0 radical (unpaired) electrons. The molecule has 2 aromatic heterocycles. The Kier molecular flexibility index (Phi) is 4.89. The Morgan fingerprint density at radius 3 is 2.88 bits per heavy atom. The van der Waals surface area contributed by atoms with E-state index < -0.39 is 0 Å². The highest BCUT2D eigenvalue weighted by Crippen LogP contribution is 2.18. The van der Waals surface area contributed by atoms with Crippen LogP contribution in [0, 0.1) is 0 Å². The first-order valence-corrected chi connectivity index (χ1v) is 8.30. The fourth-order valence-electron chi connectivity index (χ4n) is 2.69. The second kappa shape index (κ2) is 7.25. The molecule has 124 valence electrons. The molecule has 0 fully saturated rings. The van der Waals surface area contributed by atoms with Crippen LogP contribution in [0.3, 0.4) is 0 Å². The number of hydrogen-bond acceptors (Lipinski definition) is 4. The number of hydrogen-bond donors (Lipinski definition) is 1. The molecule has 3 rings (SSSR count). The van der Waals surface area contributed by atoms with E-state index in [1.165, 1.54) is 6.42 Å². The van der Waals surface area contributed by atoms with Gasteiger partial charge in [-0.05, 0) is 36.8 Å². The van der Waals surface area contributed by atoms with Gasteiger partial charge in [-0.3, -0.25) is 9.59 Å². The van der Waals surface area contributed by atoms with E-state index in [0.717, 1.165) is 19.3 Å². The molecule has 3 aromatic rings. The van der Waals surface area contributed by atoms with Gasteiger partial charge in [0.1, 0.15) is 5.58 Å². The second-order valence-corrected chi connectivity index (χ2v) is 5.81. The molecular weight excluding hydrogens is 304 g/mol. The molecule has 0 saturated heterocycles. The lowest BCUT2D eigenvalue weighted by molar-refractivity contribution is 0.0953. The van der Waals surface area contributed by atoms with Gasteiger partial charge in [-0.25, -0.2) is 4.98 Å². The van der Waals surface area contributed by atoms with E-state index in [4.69, 9.17) is 4.42 Å². The molecule has 1 aromatic carbocycles. The smallest absolute Gasteiger partial charge is 0.251 e. The SMILES string of the molecule is CCCCCCNC(=O)c1ccc2oc3ncccc3c(=O)c2c1. The monoisotopic (exact) mass is 324 g/mol. The molecule has 0 aliphatic carbocycles. The number of nitrogens with one attached hydrogen (secondary N) is 1. The first kappa shape index (κ1) is 16.2. The van der Waals surface area contributed by atoms with Crippen LogP contribution in [0.1, 0.15) is 43.0 Å². The predicted molar refractivity (Wildman–Crippen MR) is 94.3 cm³/mol. The van der Waals surface area contributed by atoms with Gasteiger partial charge in [-0.1, -0.05) is 26.2 Å². The van der Waals surface area contributed by atoms with Crippen molar-refractivity contribution in [2.75, 3.05) is 6.54 Å². The van der Waals surface area contributed by atoms with Gasteiger partial charge in [0.05, 0.1) is 10.8 Å². The van der Waals surface area contributed by atoms with E-state index >= 15 is 0 Å². The molecular formula is C19H20N2O3. The van der Waals surface area contributed by atoms with Gasteiger partial charge in [0.2, 0.25) is 11.1 Å². The minimum atomic E-state index is -0.169. The van der Waals surface area contributed by atoms with Crippen LogP contribution < -0.4 is 10.7 Å². The lowest BCUT2D eigenvalue weighted by Gasteiger charge is -2.06. The predicted octanol–water partition coefficient (Wildman–Crippen LogP) is 3.65. The maximum atomic E-state index is 12.6. The highest BCUT2D eigenvalue weighted by atomic mass is 16.3. The number of amides is 1. The minimum Gasteiger partial charge on any atom is -0.437 e. The average molecular weight is 324 g/mol. The standard InChI is InChI=1S/C19H20N2O3/c1-2-3-4-5-10-20-18(23)13-8-9-16-15(12-13)17(22)14-7-6-11-21-19(14)24-16/h6-9,11-12H,2-5,10H2,1H3,(H,20,23). The third-order valence-electron chi connectivity index (χ3n) is 4.02. The van der Waals surface area contributed by atoms with E-state index in [-0.39, 0.29) is 11.3 Å². The van der Waals surface area contributed by atoms with Crippen LogP contribution in [0.5, 0.6) is 0 Å². The third kappa shape index (κ3) is 3.30. The van der Waals surface area contributed by atoms with Gasteiger partial charge in [0, 0.05) is 18.3 Å². The summed E-state index contributed by atoms with van der Waals surface area (Å²) in [5, 5.41) is 3.71. The van der Waals surface area contributed by atoms with E-state index in [0.29, 0.717) is 34.2 Å². The summed E-state index contributed by atoms with van der Waals surface area (Å²) < 4.78 is 5.64. The number of aromatic nitrogens is 1. The average Bonchev–Trinajstić information content (AvgIpc) is 2.61. The number of pyridine rings is 1. The van der Waals surface area contributed by atoms with Crippen molar-refractivity contribution in [1.82, 2.24) is 10.3 Å². The molecule has 5 heteroatoms. The Labute approximate surface area is 139 Å². The lowest BCUT2D eigenvalue weighted by Crippen LogP contribution is -2.24. The van der Waals surface area contributed by atoms with E-state index in [1.54, 1.807) is 36.5 Å². The molecule has 5 nitrogen and oxygen atoms in total. The first-order chi connectivity index (χ1) is 11.7. The van der Waals surface area contributed by atoms with Gasteiger partial charge in [-0.15, -0.1) is 0 Å². The molecule has 2 heterocycles. The van der Waals surface area contributed by atoms with E-state index in [1.807, 2.05) is 0 Å². The first-order valence-electron chi connectivity index (χ1n) is 8.30. The van der Waals surface area contributed by atoms with Crippen molar-refractivity contribution in [3.8, 4) is 0 Å².